The number of carbonyl (C=O) groups excluding carboxylic acids is 2. The summed E-state index contributed by atoms with van der Waals surface area (Å²) < 4.78 is 0. The van der Waals surface area contributed by atoms with Gasteiger partial charge in [-0.15, -0.1) is 0 Å². The van der Waals surface area contributed by atoms with E-state index < -0.39 is 35.5 Å². The van der Waals surface area contributed by atoms with Crippen LogP contribution in [0.1, 0.15) is 78.1 Å². The molecule has 0 heterocycles. The van der Waals surface area contributed by atoms with Gasteiger partial charge in [0.05, 0.1) is 11.8 Å². The maximum atomic E-state index is 12.6. The fourth-order valence-corrected chi connectivity index (χ4v) is 8.22. The second-order valence-electron chi connectivity index (χ2n) is 12.1. The van der Waals surface area contributed by atoms with Gasteiger partial charge in [0.1, 0.15) is 12.2 Å². The van der Waals surface area contributed by atoms with E-state index in [1.807, 2.05) is 13.0 Å². The van der Waals surface area contributed by atoms with Crippen LogP contribution >= 0.6 is 0 Å². The fraction of sp³-hybridized carbons (Fsp3) is 0.786. The molecule has 7 atom stereocenters. The lowest BCUT2D eigenvalue weighted by Gasteiger charge is -2.60. The fourth-order valence-electron chi connectivity index (χ4n) is 8.22. The molecule has 0 aliphatic heterocycles. The molecule has 0 aromatic carbocycles. The van der Waals surface area contributed by atoms with Crippen molar-refractivity contribution in [2.45, 2.75) is 89.8 Å². The van der Waals surface area contributed by atoms with Gasteiger partial charge in [-0.3, -0.25) is 14.4 Å². The van der Waals surface area contributed by atoms with Crippen molar-refractivity contribution >= 4 is 23.4 Å². The van der Waals surface area contributed by atoms with Crippen molar-refractivity contribution < 1.29 is 39.6 Å². The Kier molecular flexibility index (Phi) is 8.35. The highest BCUT2D eigenvalue weighted by Crippen LogP contribution is 2.67. The molecule has 10 nitrogen and oxygen atoms in total. The maximum absolute atomic E-state index is 12.6. The number of aliphatic carboxylic acids is 1. The number of carboxylic acid groups (broad SMARTS) is 1. The Morgan fingerprint density at radius 1 is 1.16 bits per heavy atom. The first-order valence-corrected chi connectivity index (χ1v) is 13.9. The van der Waals surface area contributed by atoms with Gasteiger partial charge in [0.2, 0.25) is 0 Å². The number of fused-ring (bicyclic) bond motifs is 5. The van der Waals surface area contributed by atoms with Crippen molar-refractivity contribution in [3.63, 3.8) is 0 Å². The molecule has 212 valence electrons. The molecule has 0 spiro atoms. The molecule has 4 rings (SSSR count). The number of hydrogen-bond acceptors (Lipinski definition) is 8. The highest BCUT2D eigenvalue weighted by atomic mass is 16.6. The molecular weight excluding hydrogens is 492 g/mol. The standard InChI is InChI=1S/C28H42N2O8/c1-26-10-8-18(30-38-16-23(34)29-12-4-3-5-24(35)36)13-17(26)6-7-19-20-9-11-28(37,22(33)15-31)27(20,2)14-21(32)25(19)26/h13,19-21,25,31-32,37H,3-12,14-16H2,1-2H3,(H,29,34)(H,35,36)/b30-18+. The maximum Gasteiger partial charge on any atom is 0.303 e. The molecule has 0 aromatic heterocycles. The topological polar surface area (TPSA) is 166 Å². The lowest BCUT2D eigenvalue weighted by molar-refractivity contribution is -0.181. The number of nitrogens with zero attached hydrogens (tertiary/aromatic N) is 1. The first kappa shape index (κ1) is 28.7. The third-order valence-electron chi connectivity index (χ3n) is 10.2. The Bertz CT molecular complexity index is 1010. The number of carboxylic acids is 1. The van der Waals surface area contributed by atoms with E-state index in [0.29, 0.717) is 45.1 Å². The molecule has 0 radical (unpaired) electrons. The Balaban J connectivity index is 1.39. The molecule has 0 aromatic rings. The van der Waals surface area contributed by atoms with Gasteiger partial charge in [0, 0.05) is 18.4 Å². The summed E-state index contributed by atoms with van der Waals surface area (Å²) in [6.45, 7) is 3.62. The minimum Gasteiger partial charge on any atom is -0.481 e. The third-order valence-corrected chi connectivity index (χ3v) is 10.2. The Morgan fingerprint density at radius 2 is 1.92 bits per heavy atom. The number of ketones is 1. The normalized spacial score (nSPS) is 39.0. The highest BCUT2D eigenvalue weighted by molar-refractivity contribution is 5.96. The van der Waals surface area contributed by atoms with Gasteiger partial charge in [0.25, 0.3) is 5.91 Å². The molecule has 5 N–H and O–H groups in total. The van der Waals surface area contributed by atoms with Crippen LogP contribution in [0.25, 0.3) is 0 Å². The molecule has 4 aliphatic carbocycles. The van der Waals surface area contributed by atoms with Crippen molar-refractivity contribution in [1.29, 1.82) is 0 Å². The van der Waals surface area contributed by atoms with E-state index >= 15 is 0 Å². The second-order valence-corrected chi connectivity index (χ2v) is 12.1. The van der Waals surface area contributed by atoms with Gasteiger partial charge in [-0.05, 0) is 87.0 Å². The molecule has 10 heteroatoms. The molecule has 3 fully saturated rings. The molecule has 7 unspecified atom stereocenters. The number of aliphatic hydroxyl groups is 3. The molecule has 4 aliphatic rings. The average molecular weight is 535 g/mol. The van der Waals surface area contributed by atoms with E-state index in [9.17, 15) is 29.7 Å². The third kappa shape index (κ3) is 5.02. The summed E-state index contributed by atoms with van der Waals surface area (Å²) in [7, 11) is 0. The average Bonchev–Trinajstić information content (AvgIpc) is 3.13. The van der Waals surface area contributed by atoms with Gasteiger partial charge >= 0.3 is 5.97 Å². The molecule has 3 saturated carbocycles. The Hall–Kier alpha value is -2.30. The van der Waals surface area contributed by atoms with Crippen LogP contribution in [0, 0.1) is 28.6 Å². The molecule has 0 saturated heterocycles. The number of Topliss-reactive ketones (excluding diaryl/α,β-unsaturated/α-hetero) is 1. The smallest absolute Gasteiger partial charge is 0.303 e. The number of carbonyl (C=O) groups is 3. The number of nitrogens with one attached hydrogen (secondary N) is 1. The van der Waals surface area contributed by atoms with Crippen LogP contribution in [-0.2, 0) is 19.2 Å². The first-order valence-electron chi connectivity index (χ1n) is 13.9. The van der Waals surface area contributed by atoms with Crippen molar-refractivity contribution in [2.75, 3.05) is 19.8 Å². The zero-order valence-corrected chi connectivity index (χ0v) is 22.4. The van der Waals surface area contributed by atoms with E-state index in [1.54, 1.807) is 0 Å². The number of rotatable bonds is 10. The van der Waals surface area contributed by atoms with Gasteiger partial charge in [-0.25, -0.2) is 0 Å². The molecule has 0 bridgehead atoms. The lowest BCUT2D eigenvalue weighted by atomic mass is 9.45. The quantitative estimate of drug-likeness (QED) is 0.210. The number of allylic oxidation sites excluding steroid dienone is 2. The van der Waals surface area contributed by atoms with Gasteiger partial charge < -0.3 is 30.6 Å². The first-order chi connectivity index (χ1) is 18.0. The second kappa shape index (κ2) is 11.1. The monoisotopic (exact) mass is 534 g/mol. The number of unbranched alkanes of at least 4 members (excludes halogenated alkanes) is 1. The van der Waals surface area contributed by atoms with Crippen LogP contribution in [0.15, 0.2) is 16.8 Å². The summed E-state index contributed by atoms with van der Waals surface area (Å²) in [4.78, 5) is 40.4. The van der Waals surface area contributed by atoms with Crippen LogP contribution in [0.2, 0.25) is 0 Å². The summed E-state index contributed by atoms with van der Waals surface area (Å²) in [6, 6.07) is 0. The molecular formula is C28H42N2O8. The zero-order chi connectivity index (χ0) is 27.7. The van der Waals surface area contributed by atoms with E-state index in [1.165, 1.54) is 5.57 Å². The molecule has 38 heavy (non-hydrogen) atoms. The van der Waals surface area contributed by atoms with Crippen LogP contribution in [0.3, 0.4) is 0 Å². The van der Waals surface area contributed by atoms with Crippen LogP contribution in [0.5, 0.6) is 0 Å². The number of amides is 1. The summed E-state index contributed by atoms with van der Waals surface area (Å²) in [5.41, 5.74) is -0.583. The Morgan fingerprint density at radius 3 is 2.63 bits per heavy atom. The highest BCUT2D eigenvalue weighted by Gasteiger charge is 2.68. The van der Waals surface area contributed by atoms with Crippen LogP contribution in [0.4, 0.5) is 0 Å². The Labute approximate surface area is 223 Å². The van der Waals surface area contributed by atoms with Gasteiger partial charge in [0.15, 0.2) is 12.4 Å². The molecule has 1 amide bonds. The van der Waals surface area contributed by atoms with Crippen molar-refractivity contribution in [1.82, 2.24) is 5.32 Å². The number of oxime groups is 1. The van der Waals surface area contributed by atoms with E-state index in [4.69, 9.17) is 9.94 Å². The number of hydrogen-bond donors (Lipinski definition) is 5. The zero-order valence-electron chi connectivity index (χ0n) is 22.4. The number of aliphatic hydroxyl groups excluding tert-OH is 2. The predicted molar refractivity (Wildman–Crippen MR) is 138 cm³/mol. The van der Waals surface area contributed by atoms with E-state index in [2.05, 4.69) is 17.4 Å². The van der Waals surface area contributed by atoms with Crippen LogP contribution < -0.4 is 5.32 Å². The lowest BCUT2D eigenvalue weighted by Crippen LogP contribution is -2.62. The SMILES string of the molecule is CC12CC/C(=N\OCC(=O)NCCCCC(=O)O)C=C1CCC1C2C(O)CC2(C)C1CCC2(O)C(=O)CO. The minimum atomic E-state index is -1.59. The summed E-state index contributed by atoms with van der Waals surface area (Å²) >= 11 is 0. The summed E-state index contributed by atoms with van der Waals surface area (Å²) in [6.07, 6.45) is 7.05. The van der Waals surface area contributed by atoms with Crippen molar-refractivity contribution in [3.05, 3.63) is 11.6 Å². The van der Waals surface area contributed by atoms with Gasteiger partial charge in [-0.2, -0.15) is 0 Å². The van der Waals surface area contributed by atoms with E-state index in [-0.39, 0.29) is 42.1 Å². The summed E-state index contributed by atoms with van der Waals surface area (Å²) in [5.74, 6) is -1.39. The summed E-state index contributed by atoms with van der Waals surface area (Å²) in [5, 5.41) is 47.9. The van der Waals surface area contributed by atoms with Crippen molar-refractivity contribution in [2.24, 2.45) is 33.7 Å². The predicted octanol–water partition coefficient (Wildman–Crippen LogP) is 1.96. The minimum absolute atomic E-state index is 0.0153. The van der Waals surface area contributed by atoms with E-state index in [0.717, 1.165) is 25.0 Å². The van der Waals surface area contributed by atoms with Crippen LogP contribution in [-0.4, -0.2) is 75.3 Å². The van der Waals surface area contributed by atoms with Crippen molar-refractivity contribution in [3.8, 4) is 0 Å². The largest absolute Gasteiger partial charge is 0.481 e. The van der Waals surface area contributed by atoms with Gasteiger partial charge in [-0.1, -0.05) is 24.6 Å².